The molecular formula is C11H14N2S. The number of hydrogen-bond donors (Lipinski definition) is 1. The van der Waals surface area contributed by atoms with E-state index < -0.39 is 0 Å². The van der Waals surface area contributed by atoms with Crippen LogP contribution in [0.2, 0.25) is 0 Å². The second kappa shape index (κ2) is 4.61. The normalized spacial score (nSPS) is 15.8. The molecule has 0 saturated carbocycles. The smallest absolute Gasteiger partial charge is 0.0772 e. The van der Waals surface area contributed by atoms with E-state index in [-0.39, 0.29) is 0 Å². The molecule has 0 aliphatic carbocycles. The molecule has 0 radical (unpaired) electrons. The first kappa shape index (κ1) is 9.72. The number of likely N-dealkylation sites (tertiary alicyclic amines) is 1. The Morgan fingerprint density at radius 2 is 2.29 bits per heavy atom. The second-order valence-electron chi connectivity index (χ2n) is 3.40. The van der Waals surface area contributed by atoms with Gasteiger partial charge in [0.1, 0.15) is 0 Å². The fourth-order valence-corrected chi connectivity index (χ4v) is 2.35. The first-order valence-electron chi connectivity index (χ1n) is 4.88. The number of rotatable bonds is 2. The minimum Gasteiger partial charge on any atom is -0.320 e. The summed E-state index contributed by atoms with van der Waals surface area (Å²) in [6.45, 7) is 4.04. The molecule has 0 bridgehead atoms. The lowest BCUT2D eigenvalue weighted by Gasteiger charge is -2.29. The maximum absolute atomic E-state index is 5.32. The molecule has 1 saturated heterocycles. The molecule has 3 heteroatoms. The van der Waals surface area contributed by atoms with Crippen LogP contribution in [0.4, 0.5) is 0 Å². The van der Waals surface area contributed by atoms with Crippen LogP contribution in [0, 0.1) is 11.8 Å². The number of thiophene rings is 1. The Labute approximate surface area is 88.7 Å². The summed E-state index contributed by atoms with van der Waals surface area (Å²) in [5, 5.41) is 0. The molecule has 1 aliphatic rings. The Bertz CT molecular complexity index is 355. The van der Waals surface area contributed by atoms with Gasteiger partial charge in [0.2, 0.25) is 0 Å². The van der Waals surface area contributed by atoms with E-state index in [0.717, 1.165) is 11.4 Å². The van der Waals surface area contributed by atoms with Crippen LogP contribution in [0.1, 0.15) is 16.2 Å². The Hall–Kier alpha value is -0.820. The summed E-state index contributed by atoms with van der Waals surface area (Å²) in [6.07, 6.45) is 1.35. The van der Waals surface area contributed by atoms with Crippen molar-refractivity contribution in [3.63, 3.8) is 0 Å². The fourth-order valence-electron chi connectivity index (χ4n) is 1.43. The lowest BCUT2D eigenvalue weighted by molar-refractivity contribution is 0.174. The second-order valence-corrected chi connectivity index (χ2v) is 4.57. The van der Waals surface area contributed by atoms with Crippen LogP contribution < -0.4 is 5.73 Å². The first-order chi connectivity index (χ1) is 6.88. The van der Waals surface area contributed by atoms with E-state index in [2.05, 4.69) is 28.9 Å². The summed E-state index contributed by atoms with van der Waals surface area (Å²) >= 11 is 1.78. The third-order valence-corrected chi connectivity index (χ3v) is 3.29. The molecule has 2 rings (SSSR count). The zero-order valence-corrected chi connectivity index (χ0v) is 8.94. The number of hydrogen-bond acceptors (Lipinski definition) is 3. The molecule has 1 fully saturated rings. The Balaban J connectivity index is 1.94. The molecule has 1 aromatic rings. The molecule has 74 valence electrons. The van der Waals surface area contributed by atoms with Crippen molar-refractivity contribution in [3.8, 4) is 11.8 Å². The van der Waals surface area contributed by atoms with Crippen LogP contribution in [0.3, 0.4) is 0 Å². The van der Waals surface area contributed by atoms with Gasteiger partial charge in [-0.3, -0.25) is 4.90 Å². The summed E-state index contributed by atoms with van der Waals surface area (Å²) in [5.41, 5.74) is 5.32. The van der Waals surface area contributed by atoms with Crippen molar-refractivity contribution in [2.75, 3.05) is 19.6 Å². The largest absolute Gasteiger partial charge is 0.320 e. The fraction of sp³-hybridized carbons (Fsp3) is 0.455. The molecule has 0 spiro atoms. The zero-order chi connectivity index (χ0) is 9.80. The van der Waals surface area contributed by atoms with Gasteiger partial charge in [-0.15, -0.1) is 11.3 Å². The van der Waals surface area contributed by atoms with Gasteiger partial charge in [0.25, 0.3) is 0 Å². The summed E-state index contributed by atoms with van der Waals surface area (Å²) in [5.74, 6) is 5.93. The summed E-state index contributed by atoms with van der Waals surface area (Å²) in [7, 11) is 0. The van der Waals surface area contributed by atoms with Gasteiger partial charge >= 0.3 is 0 Å². The van der Waals surface area contributed by atoms with E-state index in [9.17, 15) is 0 Å². The van der Waals surface area contributed by atoms with Gasteiger partial charge in [-0.25, -0.2) is 0 Å². The van der Waals surface area contributed by atoms with Crippen LogP contribution in [-0.4, -0.2) is 24.5 Å². The standard InChI is InChI=1S/C11H14N2S/c12-6-1-3-10-4-5-11(14-10)9-13-7-2-8-13/h4-5H,2,6-9,12H2. The SMILES string of the molecule is NCC#Cc1ccc(CN2CCC2)s1. The predicted molar refractivity (Wildman–Crippen MR) is 60.1 cm³/mol. The molecule has 2 N–H and O–H groups in total. The van der Waals surface area contributed by atoms with E-state index in [1.54, 1.807) is 11.3 Å². The van der Waals surface area contributed by atoms with Gasteiger partial charge in [-0.2, -0.15) is 0 Å². The van der Waals surface area contributed by atoms with E-state index >= 15 is 0 Å². The van der Waals surface area contributed by atoms with Crippen molar-refractivity contribution in [2.45, 2.75) is 13.0 Å². The summed E-state index contributed by atoms with van der Waals surface area (Å²) in [4.78, 5) is 4.99. The number of nitrogens with two attached hydrogens (primary N) is 1. The highest BCUT2D eigenvalue weighted by Gasteiger charge is 2.14. The third kappa shape index (κ3) is 2.36. The van der Waals surface area contributed by atoms with Gasteiger partial charge in [0, 0.05) is 11.4 Å². The summed E-state index contributed by atoms with van der Waals surface area (Å²) in [6, 6.07) is 4.26. The van der Waals surface area contributed by atoms with Crippen molar-refractivity contribution >= 4 is 11.3 Å². The van der Waals surface area contributed by atoms with Crippen LogP contribution in [0.25, 0.3) is 0 Å². The van der Waals surface area contributed by atoms with Crippen molar-refractivity contribution in [3.05, 3.63) is 21.9 Å². The molecule has 1 aliphatic heterocycles. The molecule has 1 aromatic heterocycles. The van der Waals surface area contributed by atoms with E-state index in [4.69, 9.17) is 5.73 Å². The average Bonchev–Trinajstić information content (AvgIpc) is 2.56. The summed E-state index contributed by atoms with van der Waals surface area (Å²) < 4.78 is 0. The van der Waals surface area contributed by atoms with Crippen LogP contribution in [-0.2, 0) is 6.54 Å². The molecule has 0 atom stereocenters. The van der Waals surface area contributed by atoms with Gasteiger partial charge in [0.05, 0.1) is 11.4 Å². The highest BCUT2D eigenvalue weighted by Crippen LogP contribution is 2.19. The number of nitrogens with zero attached hydrogens (tertiary/aromatic N) is 1. The van der Waals surface area contributed by atoms with E-state index in [0.29, 0.717) is 6.54 Å². The highest BCUT2D eigenvalue weighted by atomic mass is 32.1. The van der Waals surface area contributed by atoms with Crippen LogP contribution in [0.5, 0.6) is 0 Å². The molecule has 0 unspecified atom stereocenters. The zero-order valence-electron chi connectivity index (χ0n) is 8.12. The van der Waals surface area contributed by atoms with Crippen molar-refractivity contribution < 1.29 is 0 Å². The average molecular weight is 206 g/mol. The minimum absolute atomic E-state index is 0.444. The predicted octanol–water partition coefficient (Wildman–Crippen LogP) is 1.26. The van der Waals surface area contributed by atoms with Gasteiger partial charge in [-0.05, 0) is 31.6 Å². The van der Waals surface area contributed by atoms with Crippen molar-refractivity contribution in [2.24, 2.45) is 5.73 Å². The minimum atomic E-state index is 0.444. The maximum atomic E-state index is 5.32. The molecular weight excluding hydrogens is 192 g/mol. The van der Waals surface area contributed by atoms with Gasteiger partial charge < -0.3 is 5.73 Å². The highest BCUT2D eigenvalue weighted by molar-refractivity contribution is 7.12. The lowest BCUT2D eigenvalue weighted by atomic mass is 10.2. The van der Waals surface area contributed by atoms with Gasteiger partial charge in [0.15, 0.2) is 0 Å². The lowest BCUT2D eigenvalue weighted by Crippen LogP contribution is -2.35. The monoisotopic (exact) mass is 206 g/mol. The van der Waals surface area contributed by atoms with Crippen molar-refractivity contribution in [1.29, 1.82) is 0 Å². The molecule has 2 nitrogen and oxygen atoms in total. The molecule has 0 amide bonds. The Kier molecular flexibility index (Phi) is 3.20. The third-order valence-electron chi connectivity index (χ3n) is 2.30. The maximum Gasteiger partial charge on any atom is 0.0772 e. The van der Waals surface area contributed by atoms with Gasteiger partial charge in [-0.1, -0.05) is 11.8 Å². The van der Waals surface area contributed by atoms with E-state index in [1.165, 1.54) is 24.4 Å². The Morgan fingerprint density at radius 3 is 2.93 bits per heavy atom. The molecule has 14 heavy (non-hydrogen) atoms. The van der Waals surface area contributed by atoms with Crippen molar-refractivity contribution in [1.82, 2.24) is 4.90 Å². The van der Waals surface area contributed by atoms with Crippen LogP contribution >= 0.6 is 11.3 Å². The first-order valence-corrected chi connectivity index (χ1v) is 5.70. The quantitative estimate of drug-likeness (QED) is 0.738. The van der Waals surface area contributed by atoms with Crippen LogP contribution in [0.15, 0.2) is 12.1 Å². The van der Waals surface area contributed by atoms with E-state index in [1.807, 2.05) is 0 Å². The topological polar surface area (TPSA) is 29.3 Å². The Morgan fingerprint density at radius 1 is 1.43 bits per heavy atom. The molecule has 2 heterocycles. The molecule has 0 aromatic carbocycles.